The highest BCUT2D eigenvalue weighted by molar-refractivity contribution is 8.26. The van der Waals surface area contributed by atoms with Gasteiger partial charge in [0, 0.05) is 11.3 Å². The molecular formula is C18H15N3O3S2. The Hall–Kier alpha value is -2.84. The molecule has 26 heavy (non-hydrogen) atoms. The van der Waals surface area contributed by atoms with Crippen LogP contribution in [0.4, 0.5) is 10.5 Å². The zero-order valence-corrected chi connectivity index (χ0v) is 15.4. The lowest BCUT2D eigenvalue weighted by Gasteiger charge is -2.16. The third-order valence-electron chi connectivity index (χ3n) is 3.46. The van der Waals surface area contributed by atoms with Crippen molar-refractivity contribution in [2.24, 2.45) is 0 Å². The zero-order valence-electron chi connectivity index (χ0n) is 13.8. The van der Waals surface area contributed by atoms with E-state index in [0.29, 0.717) is 16.3 Å². The molecule has 0 aliphatic carbocycles. The van der Waals surface area contributed by atoms with E-state index in [-0.39, 0.29) is 4.32 Å². The summed E-state index contributed by atoms with van der Waals surface area (Å²) in [7, 11) is 1.56. The second-order valence-corrected chi connectivity index (χ2v) is 6.87. The van der Waals surface area contributed by atoms with Crippen LogP contribution in [0.3, 0.4) is 0 Å². The number of para-hydroxylation sites is 2. The minimum atomic E-state index is -0.550. The normalized spacial score (nSPS) is 15.3. The molecule has 0 bridgehead atoms. The number of carbonyl (C=O) groups excluding carboxylic acids is 2. The van der Waals surface area contributed by atoms with Crippen LogP contribution in [0, 0.1) is 0 Å². The minimum Gasteiger partial charge on any atom is -0.496 e. The third-order valence-corrected chi connectivity index (χ3v) is 4.77. The van der Waals surface area contributed by atoms with E-state index in [4.69, 9.17) is 17.0 Å². The first kappa shape index (κ1) is 18.0. The second kappa shape index (κ2) is 8.03. The maximum Gasteiger partial charge on any atom is 0.338 e. The van der Waals surface area contributed by atoms with E-state index < -0.39 is 11.9 Å². The van der Waals surface area contributed by atoms with Crippen molar-refractivity contribution < 1.29 is 14.3 Å². The Morgan fingerprint density at radius 2 is 1.85 bits per heavy atom. The van der Waals surface area contributed by atoms with Gasteiger partial charge in [0.1, 0.15) is 5.75 Å². The van der Waals surface area contributed by atoms with E-state index in [1.165, 1.54) is 0 Å². The number of thiocarbonyl (C=S) groups is 1. The topological polar surface area (TPSA) is 70.7 Å². The van der Waals surface area contributed by atoms with E-state index in [9.17, 15) is 9.59 Å². The van der Waals surface area contributed by atoms with Crippen molar-refractivity contribution in [2.75, 3.05) is 12.4 Å². The van der Waals surface area contributed by atoms with Crippen LogP contribution in [0.5, 0.6) is 5.75 Å². The van der Waals surface area contributed by atoms with Gasteiger partial charge in [-0.3, -0.25) is 4.79 Å². The summed E-state index contributed by atoms with van der Waals surface area (Å²) in [6, 6.07) is 15.7. The summed E-state index contributed by atoms with van der Waals surface area (Å²) >= 11 is 6.32. The van der Waals surface area contributed by atoms with Crippen LogP contribution in [-0.2, 0) is 4.79 Å². The lowest BCUT2D eigenvalue weighted by atomic mass is 10.2. The number of hydrogen-bond donors (Lipinski definition) is 2. The zero-order chi connectivity index (χ0) is 18.5. The van der Waals surface area contributed by atoms with Gasteiger partial charge >= 0.3 is 6.03 Å². The number of urea groups is 1. The molecule has 0 spiro atoms. The molecule has 0 atom stereocenters. The van der Waals surface area contributed by atoms with E-state index in [0.717, 1.165) is 22.3 Å². The average Bonchev–Trinajstić information content (AvgIpc) is 2.90. The van der Waals surface area contributed by atoms with Crippen LogP contribution in [0.15, 0.2) is 59.5 Å². The van der Waals surface area contributed by atoms with E-state index >= 15 is 0 Å². The summed E-state index contributed by atoms with van der Waals surface area (Å²) < 4.78 is 5.53. The van der Waals surface area contributed by atoms with E-state index in [1.54, 1.807) is 43.5 Å². The number of hydrazine groups is 1. The summed E-state index contributed by atoms with van der Waals surface area (Å²) in [6.45, 7) is 0. The van der Waals surface area contributed by atoms with E-state index in [2.05, 4.69) is 10.7 Å². The van der Waals surface area contributed by atoms with Crippen molar-refractivity contribution in [2.45, 2.75) is 0 Å². The lowest BCUT2D eigenvalue weighted by Crippen LogP contribution is -2.46. The Morgan fingerprint density at radius 1 is 1.15 bits per heavy atom. The molecule has 3 amide bonds. The number of benzene rings is 2. The predicted molar refractivity (Wildman–Crippen MR) is 107 cm³/mol. The number of thioether (sulfide) groups is 1. The molecule has 0 aromatic heterocycles. The van der Waals surface area contributed by atoms with Gasteiger partial charge in [-0.05, 0) is 36.5 Å². The number of nitrogens with one attached hydrogen (secondary N) is 2. The van der Waals surface area contributed by atoms with Gasteiger partial charge in [0.05, 0.1) is 12.0 Å². The Kier molecular flexibility index (Phi) is 5.55. The van der Waals surface area contributed by atoms with E-state index in [1.807, 2.05) is 24.3 Å². The van der Waals surface area contributed by atoms with Crippen molar-refractivity contribution in [3.63, 3.8) is 0 Å². The maximum atomic E-state index is 12.6. The first-order valence-electron chi connectivity index (χ1n) is 7.62. The molecule has 2 aromatic carbocycles. The Morgan fingerprint density at radius 3 is 2.58 bits per heavy atom. The second-order valence-electron chi connectivity index (χ2n) is 5.19. The molecule has 1 aliphatic heterocycles. The molecule has 2 aromatic rings. The van der Waals surface area contributed by atoms with Gasteiger partial charge < -0.3 is 10.1 Å². The monoisotopic (exact) mass is 385 g/mol. The minimum absolute atomic E-state index is 0.249. The van der Waals surface area contributed by atoms with Gasteiger partial charge in [-0.2, -0.15) is 5.01 Å². The quantitative estimate of drug-likeness (QED) is 0.621. The molecule has 2 N–H and O–H groups in total. The molecule has 8 heteroatoms. The Balaban J connectivity index is 1.72. The smallest absolute Gasteiger partial charge is 0.338 e. The van der Waals surface area contributed by atoms with Crippen molar-refractivity contribution >= 4 is 52.0 Å². The van der Waals surface area contributed by atoms with Gasteiger partial charge in [-0.25, -0.2) is 10.2 Å². The summed E-state index contributed by atoms with van der Waals surface area (Å²) in [5.74, 6) is 0.252. The van der Waals surface area contributed by atoms with Crippen molar-refractivity contribution in [1.29, 1.82) is 0 Å². The van der Waals surface area contributed by atoms with Crippen molar-refractivity contribution in [3.05, 3.63) is 65.1 Å². The molecule has 0 saturated carbocycles. The van der Waals surface area contributed by atoms with Gasteiger partial charge in [0.15, 0.2) is 4.32 Å². The number of nitrogens with zero attached hydrogens (tertiary/aromatic N) is 1. The van der Waals surface area contributed by atoms with Crippen LogP contribution in [-0.4, -0.2) is 28.4 Å². The number of ether oxygens (including phenoxy) is 1. The van der Waals surface area contributed by atoms with Gasteiger partial charge in [0.2, 0.25) is 0 Å². The molecule has 6 nitrogen and oxygen atoms in total. The standard InChI is InChI=1S/C18H15N3O3S2/c1-24-14-10-6-5-7-12(14)11-15-16(22)21(18(25)26-15)20-17(23)19-13-8-3-2-4-9-13/h2-11H,1H3,(H2,19,20,23)/b15-11-. The van der Waals surface area contributed by atoms with Gasteiger partial charge in [-0.1, -0.05) is 48.2 Å². The summed E-state index contributed by atoms with van der Waals surface area (Å²) in [4.78, 5) is 25.1. The molecule has 1 heterocycles. The van der Waals surface area contributed by atoms with Crippen molar-refractivity contribution in [1.82, 2.24) is 10.4 Å². The highest BCUT2D eigenvalue weighted by atomic mass is 32.2. The number of anilines is 1. The molecule has 0 radical (unpaired) electrons. The average molecular weight is 385 g/mol. The summed E-state index contributed by atoms with van der Waals surface area (Å²) in [5.41, 5.74) is 3.84. The fraction of sp³-hybridized carbons (Fsp3) is 0.0556. The largest absolute Gasteiger partial charge is 0.496 e. The number of amides is 3. The first-order valence-corrected chi connectivity index (χ1v) is 8.84. The van der Waals surface area contributed by atoms with Crippen LogP contribution < -0.4 is 15.5 Å². The number of rotatable bonds is 4. The van der Waals surface area contributed by atoms with Crippen LogP contribution in [0.25, 0.3) is 6.08 Å². The highest BCUT2D eigenvalue weighted by Crippen LogP contribution is 2.33. The molecule has 1 aliphatic rings. The number of carbonyl (C=O) groups is 2. The number of hydrogen-bond acceptors (Lipinski definition) is 5. The van der Waals surface area contributed by atoms with Gasteiger partial charge in [0.25, 0.3) is 5.91 Å². The lowest BCUT2D eigenvalue weighted by molar-refractivity contribution is -0.123. The van der Waals surface area contributed by atoms with Crippen LogP contribution in [0.2, 0.25) is 0 Å². The third kappa shape index (κ3) is 4.04. The first-order chi connectivity index (χ1) is 12.6. The Bertz CT molecular complexity index is 884. The molecule has 3 rings (SSSR count). The SMILES string of the molecule is COc1ccccc1/C=C1\SC(=S)N(NC(=O)Nc2ccccc2)C1=O. The summed E-state index contributed by atoms with van der Waals surface area (Å²) in [6.07, 6.45) is 1.69. The fourth-order valence-corrected chi connectivity index (χ4v) is 3.44. The summed E-state index contributed by atoms with van der Waals surface area (Å²) in [5, 5.41) is 3.70. The number of methoxy groups -OCH3 is 1. The fourth-order valence-electron chi connectivity index (χ4n) is 2.27. The maximum absolute atomic E-state index is 12.6. The molecule has 132 valence electrons. The molecular weight excluding hydrogens is 370 g/mol. The molecule has 1 saturated heterocycles. The molecule has 0 unspecified atom stereocenters. The van der Waals surface area contributed by atoms with Crippen LogP contribution in [0.1, 0.15) is 5.56 Å². The molecule has 1 fully saturated rings. The van der Waals surface area contributed by atoms with Crippen LogP contribution >= 0.6 is 24.0 Å². The highest BCUT2D eigenvalue weighted by Gasteiger charge is 2.33. The predicted octanol–water partition coefficient (Wildman–Crippen LogP) is 3.63. The Labute approximate surface area is 160 Å². The van der Waals surface area contributed by atoms with Crippen molar-refractivity contribution in [3.8, 4) is 5.75 Å². The van der Waals surface area contributed by atoms with Gasteiger partial charge in [-0.15, -0.1) is 0 Å².